The van der Waals surface area contributed by atoms with Crippen LogP contribution in [0.5, 0.6) is 0 Å². The summed E-state index contributed by atoms with van der Waals surface area (Å²) in [6, 6.07) is 22.5. The molecule has 3 aromatic carbocycles. The van der Waals surface area contributed by atoms with Gasteiger partial charge in [-0.3, -0.25) is 4.79 Å². The van der Waals surface area contributed by atoms with E-state index in [0.29, 0.717) is 42.0 Å². The van der Waals surface area contributed by atoms with E-state index in [9.17, 15) is 9.18 Å². The Morgan fingerprint density at radius 3 is 2.39 bits per heavy atom. The fourth-order valence-electron chi connectivity index (χ4n) is 4.47. The number of hydrogen-bond donors (Lipinski definition) is 0. The van der Waals surface area contributed by atoms with Crippen molar-refractivity contribution < 1.29 is 9.18 Å². The van der Waals surface area contributed by atoms with Crippen LogP contribution in [0.4, 0.5) is 10.2 Å². The predicted molar refractivity (Wildman–Crippen MR) is 129 cm³/mol. The number of anilines is 1. The highest BCUT2D eigenvalue weighted by atomic mass is 19.1. The van der Waals surface area contributed by atoms with Crippen LogP contribution in [0.25, 0.3) is 22.0 Å². The van der Waals surface area contributed by atoms with E-state index in [-0.39, 0.29) is 17.8 Å². The lowest BCUT2D eigenvalue weighted by Crippen LogP contribution is -2.54. The maximum Gasteiger partial charge on any atom is 0.254 e. The van der Waals surface area contributed by atoms with Crippen molar-refractivity contribution in [2.45, 2.75) is 19.9 Å². The van der Waals surface area contributed by atoms with E-state index in [1.165, 1.54) is 6.07 Å². The van der Waals surface area contributed by atoms with E-state index in [0.717, 1.165) is 16.6 Å². The Morgan fingerprint density at radius 2 is 1.67 bits per heavy atom. The van der Waals surface area contributed by atoms with Crippen molar-refractivity contribution in [1.29, 1.82) is 0 Å². The maximum atomic E-state index is 14.2. The molecule has 6 heteroatoms. The highest BCUT2D eigenvalue weighted by Gasteiger charge is 2.30. The van der Waals surface area contributed by atoms with Gasteiger partial charge in [-0.15, -0.1) is 10.2 Å². The van der Waals surface area contributed by atoms with Gasteiger partial charge in [-0.05, 0) is 37.6 Å². The first-order valence-corrected chi connectivity index (χ1v) is 11.2. The van der Waals surface area contributed by atoms with Gasteiger partial charge in [-0.1, -0.05) is 54.6 Å². The first kappa shape index (κ1) is 21.1. The van der Waals surface area contributed by atoms with E-state index in [2.05, 4.69) is 22.0 Å². The van der Waals surface area contributed by atoms with Crippen molar-refractivity contribution in [3.05, 3.63) is 89.7 Å². The SMILES string of the molecule is Cc1ccc(-c2nnc(N3CCN(C(=O)c4ccccc4)C(C)C3)c3ccccc23)cc1F. The zero-order valence-electron chi connectivity index (χ0n) is 18.7. The summed E-state index contributed by atoms with van der Waals surface area (Å²) in [7, 11) is 0. The lowest BCUT2D eigenvalue weighted by Gasteiger charge is -2.40. The third-order valence-electron chi connectivity index (χ3n) is 6.32. The standard InChI is InChI=1S/C27H25FN4O/c1-18-12-13-21(16-24(18)28)25-22-10-6-7-11-23(22)26(30-29-25)31-14-15-32(19(2)17-31)27(33)20-8-4-3-5-9-20/h3-13,16,19H,14-15,17H2,1-2H3. The average molecular weight is 441 g/mol. The molecular formula is C27H25FN4O. The van der Waals surface area contributed by atoms with Crippen LogP contribution in [-0.2, 0) is 0 Å². The number of piperazine rings is 1. The van der Waals surface area contributed by atoms with Crippen molar-refractivity contribution in [2.24, 2.45) is 0 Å². The molecule has 1 aliphatic rings. The van der Waals surface area contributed by atoms with Crippen molar-refractivity contribution in [3.8, 4) is 11.3 Å². The molecule has 1 saturated heterocycles. The van der Waals surface area contributed by atoms with Crippen molar-refractivity contribution in [1.82, 2.24) is 15.1 Å². The second kappa shape index (κ2) is 8.62. The monoisotopic (exact) mass is 440 g/mol. The Morgan fingerprint density at radius 1 is 0.939 bits per heavy atom. The molecule has 1 aliphatic heterocycles. The number of aromatic nitrogens is 2. The predicted octanol–water partition coefficient (Wildman–Crippen LogP) is 5.10. The molecule has 0 N–H and O–H groups in total. The number of nitrogens with zero attached hydrogens (tertiary/aromatic N) is 4. The summed E-state index contributed by atoms with van der Waals surface area (Å²) >= 11 is 0. The van der Waals surface area contributed by atoms with Crippen LogP contribution < -0.4 is 4.90 Å². The van der Waals surface area contributed by atoms with Gasteiger partial charge in [0.1, 0.15) is 11.5 Å². The first-order chi connectivity index (χ1) is 16.0. The Labute approximate surface area is 192 Å². The highest BCUT2D eigenvalue weighted by molar-refractivity contribution is 6.00. The molecule has 0 aliphatic carbocycles. The molecule has 4 aromatic rings. The minimum atomic E-state index is -0.254. The molecule has 1 aromatic heterocycles. The molecule has 1 atom stereocenters. The summed E-state index contributed by atoms with van der Waals surface area (Å²) < 4.78 is 14.2. The van der Waals surface area contributed by atoms with Gasteiger partial charge in [0, 0.05) is 47.6 Å². The molecule has 2 heterocycles. The van der Waals surface area contributed by atoms with E-state index in [1.807, 2.05) is 65.6 Å². The van der Waals surface area contributed by atoms with Crippen LogP contribution in [0.3, 0.4) is 0 Å². The van der Waals surface area contributed by atoms with Gasteiger partial charge in [-0.2, -0.15) is 0 Å². The quantitative estimate of drug-likeness (QED) is 0.445. The minimum Gasteiger partial charge on any atom is -0.351 e. The summed E-state index contributed by atoms with van der Waals surface area (Å²) in [5.41, 5.74) is 2.68. The zero-order chi connectivity index (χ0) is 22.9. The number of rotatable bonds is 3. The Kier molecular flexibility index (Phi) is 5.50. The highest BCUT2D eigenvalue weighted by Crippen LogP contribution is 2.33. The van der Waals surface area contributed by atoms with Crippen LogP contribution in [-0.4, -0.2) is 46.7 Å². The molecule has 0 radical (unpaired) electrons. The van der Waals surface area contributed by atoms with Gasteiger partial charge in [0.15, 0.2) is 5.82 Å². The first-order valence-electron chi connectivity index (χ1n) is 11.2. The van der Waals surface area contributed by atoms with Gasteiger partial charge in [0.2, 0.25) is 0 Å². The Balaban J connectivity index is 1.45. The largest absolute Gasteiger partial charge is 0.351 e. The second-order valence-corrected chi connectivity index (χ2v) is 8.54. The molecule has 166 valence electrons. The number of amides is 1. The van der Waals surface area contributed by atoms with Crippen LogP contribution in [0.15, 0.2) is 72.8 Å². The topological polar surface area (TPSA) is 49.3 Å². The summed E-state index contributed by atoms with van der Waals surface area (Å²) in [6.07, 6.45) is 0. The molecule has 0 saturated carbocycles. The number of aryl methyl sites for hydroxylation is 1. The van der Waals surface area contributed by atoms with Crippen LogP contribution in [0.2, 0.25) is 0 Å². The van der Waals surface area contributed by atoms with Gasteiger partial charge < -0.3 is 9.80 Å². The summed E-state index contributed by atoms with van der Waals surface area (Å²) in [5.74, 6) is 0.589. The molecule has 0 spiro atoms. The average Bonchev–Trinajstić information content (AvgIpc) is 2.85. The third-order valence-corrected chi connectivity index (χ3v) is 6.32. The van der Waals surface area contributed by atoms with Crippen molar-refractivity contribution in [3.63, 3.8) is 0 Å². The number of hydrogen-bond acceptors (Lipinski definition) is 4. The molecule has 0 bridgehead atoms. The number of carbonyl (C=O) groups is 1. The fourth-order valence-corrected chi connectivity index (χ4v) is 4.47. The molecule has 1 amide bonds. The van der Waals surface area contributed by atoms with E-state index in [4.69, 9.17) is 0 Å². The van der Waals surface area contributed by atoms with Gasteiger partial charge in [0.05, 0.1) is 0 Å². The van der Waals surface area contributed by atoms with Crippen LogP contribution in [0, 0.1) is 12.7 Å². The van der Waals surface area contributed by atoms with Gasteiger partial charge >= 0.3 is 0 Å². The molecular weight excluding hydrogens is 415 g/mol. The molecule has 1 unspecified atom stereocenters. The van der Waals surface area contributed by atoms with Gasteiger partial charge in [0.25, 0.3) is 5.91 Å². The Hall–Kier alpha value is -3.80. The molecule has 5 rings (SSSR count). The molecule has 1 fully saturated rings. The zero-order valence-corrected chi connectivity index (χ0v) is 18.7. The van der Waals surface area contributed by atoms with Crippen molar-refractivity contribution >= 4 is 22.5 Å². The summed E-state index contributed by atoms with van der Waals surface area (Å²) in [5, 5.41) is 11.0. The Bertz CT molecular complexity index is 1320. The van der Waals surface area contributed by atoms with E-state index >= 15 is 0 Å². The van der Waals surface area contributed by atoms with Crippen LogP contribution in [0.1, 0.15) is 22.8 Å². The smallest absolute Gasteiger partial charge is 0.254 e. The molecule has 33 heavy (non-hydrogen) atoms. The number of fused-ring (bicyclic) bond motifs is 1. The van der Waals surface area contributed by atoms with Crippen LogP contribution >= 0.6 is 0 Å². The summed E-state index contributed by atoms with van der Waals surface area (Å²) in [4.78, 5) is 17.1. The lowest BCUT2D eigenvalue weighted by molar-refractivity contribution is 0.0674. The van der Waals surface area contributed by atoms with E-state index in [1.54, 1.807) is 13.0 Å². The molecule has 5 nitrogen and oxygen atoms in total. The number of halogens is 1. The fraction of sp³-hybridized carbons (Fsp3) is 0.222. The van der Waals surface area contributed by atoms with Crippen molar-refractivity contribution in [2.75, 3.05) is 24.5 Å². The lowest BCUT2D eigenvalue weighted by atomic mass is 10.0. The normalized spacial score (nSPS) is 16.3. The maximum absolute atomic E-state index is 14.2. The minimum absolute atomic E-state index is 0.0258. The summed E-state index contributed by atoms with van der Waals surface area (Å²) in [6.45, 7) is 5.74. The second-order valence-electron chi connectivity index (χ2n) is 8.54. The number of carbonyl (C=O) groups excluding carboxylic acids is 1. The number of benzene rings is 3. The van der Waals surface area contributed by atoms with E-state index < -0.39 is 0 Å². The van der Waals surface area contributed by atoms with Gasteiger partial charge in [-0.25, -0.2) is 4.39 Å². The third kappa shape index (κ3) is 3.93.